The third-order valence-corrected chi connectivity index (χ3v) is 3.46. The van der Waals surface area contributed by atoms with Gasteiger partial charge in [0.1, 0.15) is 5.75 Å². The van der Waals surface area contributed by atoms with Crippen molar-refractivity contribution in [1.29, 1.82) is 0 Å². The second-order valence-corrected chi connectivity index (χ2v) is 4.88. The van der Waals surface area contributed by atoms with Crippen LogP contribution in [0.25, 0.3) is 0 Å². The number of nitrogens with one attached hydrogen (secondary N) is 1. The van der Waals surface area contributed by atoms with Crippen molar-refractivity contribution in [2.45, 2.75) is 19.5 Å². The Morgan fingerprint density at radius 2 is 1.95 bits per heavy atom. The van der Waals surface area contributed by atoms with Gasteiger partial charge in [-0.3, -0.25) is 0 Å². The van der Waals surface area contributed by atoms with Crippen LogP contribution in [0.3, 0.4) is 0 Å². The normalized spacial score (nSPS) is 12.2. The van der Waals surface area contributed by atoms with Crippen LogP contribution in [0, 0.1) is 0 Å². The molecular weight excluding hydrogens is 258 g/mol. The molecule has 0 aliphatic rings. The van der Waals surface area contributed by atoms with Crippen LogP contribution in [0.2, 0.25) is 5.02 Å². The Hall–Kier alpha value is -1.51. The fraction of sp³-hybridized carbons (Fsp3) is 0.250. The van der Waals surface area contributed by atoms with Gasteiger partial charge in [0.25, 0.3) is 0 Å². The van der Waals surface area contributed by atoms with Crippen molar-refractivity contribution >= 4 is 11.6 Å². The summed E-state index contributed by atoms with van der Waals surface area (Å²) in [7, 11) is 1.68. The van der Waals surface area contributed by atoms with Crippen molar-refractivity contribution in [2.24, 2.45) is 0 Å². The van der Waals surface area contributed by atoms with E-state index in [-0.39, 0.29) is 6.04 Å². The number of hydrogen-bond donors (Lipinski definition) is 1. The molecule has 0 bridgehead atoms. The summed E-state index contributed by atoms with van der Waals surface area (Å²) in [6.45, 7) is 2.89. The number of hydrogen-bond acceptors (Lipinski definition) is 2. The molecule has 2 rings (SSSR count). The van der Waals surface area contributed by atoms with Crippen LogP contribution < -0.4 is 10.1 Å². The first-order chi connectivity index (χ1) is 9.20. The minimum atomic E-state index is 0.208. The fourth-order valence-corrected chi connectivity index (χ4v) is 2.29. The molecule has 0 amide bonds. The lowest BCUT2D eigenvalue weighted by atomic mass is 10.1. The summed E-state index contributed by atoms with van der Waals surface area (Å²) in [4.78, 5) is 0. The molecule has 0 aliphatic carbocycles. The Morgan fingerprint density at radius 3 is 2.68 bits per heavy atom. The zero-order chi connectivity index (χ0) is 13.7. The summed E-state index contributed by atoms with van der Waals surface area (Å²) < 4.78 is 5.22. The zero-order valence-electron chi connectivity index (χ0n) is 11.2. The van der Waals surface area contributed by atoms with E-state index in [9.17, 15) is 0 Å². The van der Waals surface area contributed by atoms with Gasteiger partial charge in [-0.25, -0.2) is 0 Å². The van der Waals surface area contributed by atoms with Crippen LogP contribution in [-0.2, 0) is 6.54 Å². The maximum Gasteiger partial charge on any atom is 0.119 e. The predicted octanol–water partition coefficient (Wildman–Crippen LogP) is 4.20. The van der Waals surface area contributed by atoms with Crippen molar-refractivity contribution in [3.8, 4) is 5.75 Å². The van der Waals surface area contributed by atoms with E-state index in [4.69, 9.17) is 16.3 Å². The first kappa shape index (κ1) is 13.9. The van der Waals surface area contributed by atoms with Gasteiger partial charge in [0.05, 0.1) is 7.11 Å². The van der Waals surface area contributed by atoms with E-state index in [0.29, 0.717) is 0 Å². The molecule has 0 radical (unpaired) electrons. The Balaban J connectivity index is 2.00. The quantitative estimate of drug-likeness (QED) is 0.883. The number of benzene rings is 2. The van der Waals surface area contributed by atoms with E-state index in [2.05, 4.69) is 18.3 Å². The molecule has 0 aliphatic heterocycles. The van der Waals surface area contributed by atoms with Gasteiger partial charge in [-0.2, -0.15) is 0 Å². The van der Waals surface area contributed by atoms with Crippen molar-refractivity contribution in [2.75, 3.05) is 7.11 Å². The highest BCUT2D eigenvalue weighted by atomic mass is 35.5. The summed E-state index contributed by atoms with van der Waals surface area (Å²) >= 11 is 6.19. The Labute approximate surface area is 119 Å². The highest BCUT2D eigenvalue weighted by molar-refractivity contribution is 6.31. The van der Waals surface area contributed by atoms with Crippen LogP contribution in [0.15, 0.2) is 48.5 Å². The molecule has 1 unspecified atom stereocenters. The molecule has 100 valence electrons. The number of ether oxygens (including phenoxy) is 1. The van der Waals surface area contributed by atoms with Gasteiger partial charge >= 0.3 is 0 Å². The molecule has 0 heterocycles. The average molecular weight is 276 g/mol. The monoisotopic (exact) mass is 275 g/mol. The van der Waals surface area contributed by atoms with Crippen molar-refractivity contribution in [3.05, 3.63) is 64.7 Å². The standard InChI is InChI=1S/C16H18ClNO/c1-12(15-8-3-4-9-16(15)17)18-11-13-6-5-7-14(10-13)19-2/h3-10,12,18H,11H2,1-2H3. The van der Waals surface area contributed by atoms with E-state index in [1.54, 1.807) is 7.11 Å². The summed E-state index contributed by atoms with van der Waals surface area (Å²) in [6.07, 6.45) is 0. The van der Waals surface area contributed by atoms with Crippen LogP contribution >= 0.6 is 11.6 Å². The lowest BCUT2D eigenvalue weighted by Crippen LogP contribution is -2.18. The predicted molar refractivity (Wildman–Crippen MR) is 79.7 cm³/mol. The number of methoxy groups -OCH3 is 1. The molecule has 1 N–H and O–H groups in total. The highest BCUT2D eigenvalue weighted by Gasteiger charge is 2.08. The largest absolute Gasteiger partial charge is 0.497 e. The maximum atomic E-state index is 6.19. The Kier molecular flexibility index (Phi) is 4.83. The molecule has 3 heteroatoms. The molecule has 0 saturated heterocycles. The van der Waals surface area contributed by atoms with Gasteiger partial charge < -0.3 is 10.1 Å². The molecule has 2 aromatic carbocycles. The second kappa shape index (κ2) is 6.60. The molecule has 0 spiro atoms. The van der Waals surface area contributed by atoms with Gasteiger partial charge in [-0.1, -0.05) is 41.9 Å². The van der Waals surface area contributed by atoms with Gasteiger partial charge in [-0.15, -0.1) is 0 Å². The molecule has 2 nitrogen and oxygen atoms in total. The summed E-state index contributed by atoms with van der Waals surface area (Å²) in [6, 6.07) is 16.2. The van der Waals surface area contributed by atoms with Crippen molar-refractivity contribution < 1.29 is 4.74 Å². The molecule has 1 atom stereocenters. The lowest BCUT2D eigenvalue weighted by molar-refractivity contribution is 0.414. The third kappa shape index (κ3) is 3.72. The average Bonchev–Trinajstić information content (AvgIpc) is 2.45. The molecule has 2 aromatic rings. The topological polar surface area (TPSA) is 21.3 Å². The highest BCUT2D eigenvalue weighted by Crippen LogP contribution is 2.22. The van der Waals surface area contributed by atoms with Crippen LogP contribution in [-0.4, -0.2) is 7.11 Å². The van der Waals surface area contributed by atoms with E-state index >= 15 is 0 Å². The second-order valence-electron chi connectivity index (χ2n) is 4.48. The Bertz CT molecular complexity index is 542. The van der Waals surface area contributed by atoms with E-state index in [0.717, 1.165) is 22.9 Å². The minimum absolute atomic E-state index is 0.208. The van der Waals surface area contributed by atoms with Gasteiger partial charge in [0.15, 0.2) is 0 Å². The summed E-state index contributed by atoms with van der Waals surface area (Å²) in [5.41, 5.74) is 2.31. The zero-order valence-corrected chi connectivity index (χ0v) is 11.9. The fourth-order valence-electron chi connectivity index (χ4n) is 1.99. The van der Waals surface area contributed by atoms with E-state index in [1.165, 1.54) is 5.56 Å². The minimum Gasteiger partial charge on any atom is -0.497 e. The molecule has 0 fully saturated rings. The number of halogens is 1. The van der Waals surface area contributed by atoms with Crippen LogP contribution in [0.5, 0.6) is 5.75 Å². The molecule has 19 heavy (non-hydrogen) atoms. The molecule has 0 aromatic heterocycles. The van der Waals surface area contributed by atoms with Gasteiger partial charge in [0, 0.05) is 17.6 Å². The lowest BCUT2D eigenvalue weighted by Gasteiger charge is -2.16. The summed E-state index contributed by atoms with van der Waals surface area (Å²) in [5, 5.41) is 4.27. The van der Waals surface area contributed by atoms with Crippen LogP contribution in [0.1, 0.15) is 24.1 Å². The smallest absolute Gasteiger partial charge is 0.119 e. The summed E-state index contributed by atoms with van der Waals surface area (Å²) in [5.74, 6) is 0.879. The van der Waals surface area contributed by atoms with E-state index < -0.39 is 0 Å². The van der Waals surface area contributed by atoms with Crippen LogP contribution in [0.4, 0.5) is 0 Å². The molecular formula is C16H18ClNO. The maximum absolute atomic E-state index is 6.19. The SMILES string of the molecule is COc1cccc(CNC(C)c2ccccc2Cl)c1. The molecule has 0 saturated carbocycles. The first-order valence-corrected chi connectivity index (χ1v) is 6.69. The number of rotatable bonds is 5. The first-order valence-electron chi connectivity index (χ1n) is 6.31. The van der Waals surface area contributed by atoms with Gasteiger partial charge in [0.2, 0.25) is 0 Å². The van der Waals surface area contributed by atoms with Gasteiger partial charge in [-0.05, 0) is 36.2 Å². The van der Waals surface area contributed by atoms with E-state index in [1.807, 2.05) is 42.5 Å². The third-order valence-electron chi connectivity index (χ3n) is 3.12. The van der Waals surface area contributed by atoms with Crippen molar-refractivity contribution in [3.63, 3.8) is 0 Å². The van der Waals surface area contributed by atoms with Crippen molar-refractivity contribution in [1.82, 2.24) is 5.32 Å². The Morgan fingerprint density at radius 1 is 1.16 bits per heavy atom.